The van der Waals surface area contributed by atoms with E-state index in [9.17, 15) is 5.11 Å². The molecule has 18 heavy (non-hydrogen) atoms. The number of aliphatic hydroxyl groups excluding tert-OH is 1. The fourth-order valence-electron chi connectivity index (χ4n) is 2.82. The van der Waals surface area contributed by atoms with Gasteiger partial charge >= 0.3 is 0 Å². The standard InChI is InChI=1S/C14H24N2O2/c1-3-12(10(2)17)14-15-13(16-18-14)11-8-6-4-5-7-9-11/h10-12,17H,3-9H2,1-2H3. The Balaban J connectivity index is 2.08. The van der Waals surface area contributed by atoms with Gasteiger partial charge in [-0.05, 0) is 26.2 Å². The van der Waals surface area contributed by atoms with Crippen LogP contribution < -0.4 is 0 Å². The van der Waals surface area contributed by atoms with Gasteiger partial charge in [-0.2, -0.15) is 4.98 Å². The smallest absolute Gasteiger partial charge is 0.232 e. The lowest BCUT2D eigenvalue weighted by atomic mass is 9.99. The Kier molecular flexibility index (Phi) is 4.75. The third kappa shape index (κ3) is 3.10. The first kappa shape index (κ1) is 13.5. The van der Waals surface area contributed by atoms with Crippen LogP contribution in [-0.4, -0.2) is 21.4 Å². The Bertz CT molecular complexity index is 354. The molecular formula is C14H24N2O2. The topological polar surface area (TPSA) is 59.2 Å². The highest BCUT2D eigenvalue weighted by Gasteiger charge is 2.25. The molecule has 2 rings (SSSR count). The van der Waals surface area contributed by atoms with Crippen LogP contribution in [0.25, 0.3) is 0 Å². The molecule has 1 aromatic rings. The van der Waals surface area contributed by atoms with Crippen molar-refractivity contribution in [2.24, 2.45) is 0 Å². The maximum atomic E-state index is 9.70. The van der Waals surface area contributed by atoms with Crippen molar-refractivity contribution in [3.05, 3.63) is 11.7 Å². The molecule has 0 bridgehead atoms. The third-order valence-electron chi connectivity index (χ3n) is 4.02. The van der Waals surface area contributed by atoms with Gasteiger partial charge in [0, 0.05) is 5.92 Å². The number of aromatic nitrogens is 2. The van der Waals surface area contributed by atoms with Gasteiger partial charge in [0.15, 0.2) is 5.82 Å². The summed E-state index contributed by atoms with van der Waals surface area (Å²) in [5, 5.41) is 13.8. The van der Waals surface area contributed by atoms with Crippen LogP contribution in [0.3, 0.4) is 0 Å². The average Bonchev–Trinajstić information content (AvgIpc) is 2.65. The largest absolute Gasteiger partial charge is 0.393 e. The Morgan fingerprint density at radius 2 is 1.94 bits per heavy atom. The second-order valence-corrected chi connectivity index (χ2v) is 5.43. The highest BCUT2D eigenvalue weighted by molar-refractivity contribution is 5.01. The van der Waals surface area contributed by atoms with Crippen LogP contribution in [0.1, 0.15) is 82.3 Å². The molecule has 0 amide bonds. The summed E-state index contributed by atoms with van der Waals surface area (Å²) < 4.78 is 5.35. The number of nitrogens with zero attached hydrogens (tertiary/aromatic N) is 2. The van der Waals surface area contributed by atoms with Gasteiger partial charge in [-0.15, -0.1) is 0 Å². The van der Waals surface area contributed by atoms with Gasteiger partial charge in [-0.3, -0.25) is 0 Å². The number of hydrogen-bond acceptors (Lipinski definition) is 4. The molecule has 1 saturated carbocycles. The molecule has 0 aromatic carbocycles. The van der Waals surface area contributed by atoms with Crippen LogP contribution >= 0.6 is 0 Å². The lowest BCUT2D eigenvalue weighted by molar-refractivity contribution is 0.141. The zero-order chi connectivity index (χ0) is 13.0. The van der Waals surface area contributed by atoms with Crippen molar-refractivity contribution in [2.75, 3.05) is 0 Å². The minimum atomic E-state index is -0.433. The Morgan fingerprint density at radius 1 is 1.28 bits per heavy atom. The van der Waals surface area contributed by atoms with Gasteiger partial charge in [-0.1, -0.05) is 37.8 Å². The maximum absolute atomic E-state index is 9.70. The van der Waals surface area contributed by atoms with E-state index in [-0.39, 0.29) is 5.92 Å². The van der Waals surface area contributed by atoms with Gasteiger partial charge < -0.3 is 9.63 Å². The van der Waals surface area contributed by atoms with Crippen molar-refractivity contribution in [1.82, 2.24) is 10.1 Å². The van der Waals surface area contributed by atoms with Crippen LogP contribution in [0.2, 0.25) is 0 Å². The summed E-state index contributed by atoms with van der Waals surface area (Å²) in [7, 11) is 0. The molecule has 2 unspecified atom stereocenters. The number of rotatable bonds is 4. The van der Waals surface area contributed by atoms with E-state index < -0.39 is 6.10 Å². The van der Waals surface area contributed by atoms with Gasteiger partial charge in [-0.25, -0.2) is 0 Å². The fourth-order valence-corrected chi connectivity index (χ4v) is 2.82. The van der Waals surface area contributed by atoms with Crippen molar-refractivity contribution in [2.45, 2.75) is 76.7 Å². The minimum Gasteiger partial charge on any atom is -0.393 e. The molecule has 0 saturated heterocycles. The van der Waals surface area contributed by atoms with Gasteiger partial charge in [0.25, 0.3) is 0 Å². The summed E-state index contributed by atoms with van der Waals surface area (Å²) in [4.78, 5) is 4.53. The van der Waals surface area contributed by atoms with Crippen molar-refractivity contribution >= 4 is 0 Å². The maximum Gasteiger partial charge on any atom is 0.232 e. The molecule has 1 aromatic heterocycles. The second-order valence-electron chi connectivity index (χ2n) is 5.43. The van der Waals surface area contributed by atoms with Gasteiger partial charge in [0.05, 0.1) is 12.0 Å². The fraction of sp³-hybridized carbons (Fsp3) is 0.857. The molecule has 0 aliphatic heterocycles. The summed E-state index contributed by atoms with van der Waals surface area (Å²) in [6.07, 6.45) is 7.92. The lowest BCUT2D eigenvalue weighted by Crippen LogP contribution is -2.14. The molecule has 102 valence electrons. The van der Waals surface area contributed by atoms with Crippen molar-refractivity contribution in [3.63, 3.8) is 0 Å². The summed E-state index contributed by atoms with van der Waals surface area (Å²) in [6, 6.07) is 0. The van der Waals surface area contributed by atoms with E-state index in [1.807, 2.05) is 6.92 Å². The summed E-state index contributed by atoms with van der Waals surface area (Å²) in [5.74, 6) is 1.88. The van der Waals surface area contributed by atoms with Crippen molar-refractivity contribution in [3.8, 4) is 0 Å². The van der Waals surface area contributed by atoms with E-state index in [1.165, 1.54) is 38.5 Å². The summed E-state index contributed by atoms with van der Waals surface area (Å²) in [5.41, 5.74) is 0. The van der Waals surface area contributed by atoms with E-state index in [2.05, 4.69) is 10.1 Å². The van der Waals surface area contributed by atoms with Crippen LogP contribution in [0, 0.1) is 0 Å². The molecule has 1 fully saturated rings. The van der Waals surface area contributed by atoms with E-state index >= 15 is 0 Å². The van der Waals surface area contributed by atoms with Crippen molar-refractivity contribution < 1.29 is 9.63 Å². The summed E-state index contributed by atoms with van der Waals surface area (Å²) in [6.45, 7) is 3.82. The van der Waals surface area contributed by atoms with E-state index in [0.29, 0.717) is 11.8 Å². The SMILES string of the molecule is CCC(c1nc(C2CCCCCC2)no1)C(C)O. The van der Waals surface area contributed by atoms with Gasteiger partial charge in [0.1, 0.15) is 0 Å². The van der Waals surface area contributed by atoms with E-state index in [1.54, 1.807) is 6.92 Å². The molecule has 0 radical (unpaired) electrons. The molecule has 1 aliphatic carbocycles. The van der Waals surface area contributed by atoms with Crippen LogP contribution in [0.15, 0.2) is 4.52 Å². The molecule has 0 spiro atoms. The predicted molar refractivity (Wildman–Crippen MR) is 69.5 cm³/mol. The Labute approximate surface area is 109 Å². The van der Waals surface area contributed by atoms with Gasteiger partial charge in [0.2, 0.25) is 5.89 Å². The zero-order valence-corrected chi connectivity index (χ0v) is 11.4. The molecule has 1 heterocycles. The zero-order valence-electron chi connectivity index (χ0n) is 11.4. The number of aliphatic hydroxyl groups is 1. The average molecular weight is 252 g/mol. The van der Waals surface area contributed by atoms with Crippen LogP contribution in [0.4, 0.5) is 0 Å². The predicted octanol–water partition coefficient (Wildman–Crippen LogP) is 3.38. The molecule has 4 heteroatoms. The first-order chi connectivity index (χ1) is 8.72. The minimum absolute atomic E-state index is 0.0305. The van der Waals surface area contributed by atoms with Crippen LogP contribution in [0.5, 0.6) is 0 Å². The van der Waals surface area contributed by atoms with E-state index in [0.717, 1.165) is 12.2 Å². The van der Waals surface area contributed by atoms with Crippen molar-refractivity contribution in [1.29, 1.82) is 0 Å². The first-order valence-corrected chi connectivity index (χ1v) is 7.24. The normalized spacial score (nSPS) is 21.5. The molecule has 4 nitrogen and oxygen atoms in total. The highest BCUT2D eigenvalue weighted by Crippen LogP contribution is 2.31. The number of hydrogen-bond donors (Lipinski definition) is 1. The Morgan fingerprint density at radius 3 is 2.50 bits per heavy atom. The third-order valence-corrected chi connectivity index (χ3v) is 4.02. The second kappa shape index (κ2) is 6.32. The van der Waals surface area contributed by atoms with E-state index in [4.69, 9.17) is 4.52 Å². The first-order valence-electron chi connectivity index (χ1n) is 7.24. The highest BCUT2D eigenvalue weighted by atomic mass is 16.5. The molecular weight excluding hydrogens is 228 g/mol. The monoisotopic (exact) mass is 252 g/mol. The van der Waals surface area contributed by atoms with Crippen LogP contribution in [-0.2, 0) is 0 Å². The lowest BCUT2D eigenvalue weighted by Gasteiger charge is -2.12. The molecule has 1 aliphatic rings. The molecule has 1 N–H and O–H groups in total. The quantitative estimate of drug-likeness (QED) is 0.834. The molecule has 2 atom stereocenters. The Hall–Kier alpha value is -0.900. The summed E-state index contributed by atoms with van der Waals surface area (Å²) >= 11 is 0.